The lowest BCUT2D eigenvalue weighted by Crippen LogP contribution is -2.32. The average molecular weight is 1010 g/mol. The summed E-state index contributed by atoms with van der Waals surface area (Å²) in [4.78, 5) is 13.2. The Bertz CT molecular complexity index is 3960. The third-order valence-electron chi connectivity index (χ3n) is 12.2. The van der Waals surface area contributed by atoms with Crippen molar-refractivity contribution in [1.29, 1.82) is 0 Å². The van der Waals surface area contributed by atoms with Crippen LogP contribution in [0, 0.1) is 0 Å². The molecule has 0 unspecified atom stereocenters. The van der Waals surface area contributed by atoms with Gasteiger partial charge in [-0.3, -0.25) is 4.40 Å². The van der Waals surface area contributed by atoms with Crippen molar-refractivity contribution in [2.45, 2.75) is 33.4 Å². The first kappa shape index (κ1) is 44.3. The van der Waals surface area contributed by atoms with E-state index in [2.05, 4.69) is 10.2 Å². The normalized spacial score (nSPS) is 13.5. The molecule has 1 saturated carbocycles. The van der Waals surface area contributed by atoms with Crippen LogP contribution in [0.15, 0.2) is 150 Å². The van der Waals surface area contributed by atoms with E-state index >= 15 is 0 Å². The maximum Gasteiger partial charge on any atom is 0.501 e. The van der Waals surface area contributed by atoms with E-state index in [1.807, 2.05) is 76.8 Å². The topological polar surface area (TPSA) is 152 Å². The molecule has 0 spiro atoms. The van der Waals surface area contributed by atoms with Crippen LogP contribution in [0.3, 0.4) is 0 Å². The highest BCUT2D eigenvalue weighted by Crippen LogP contribution is 2.39. The van der Waals surface area contributed by atoms with Crippen LogP contribution in [0.5, 0.6) is 0 Å². The summed E-state index contributed by atoms with van der Waals surface area (Å²) in [5.74, 6) is 1.75. The van der Waals surface area contributed by atoms with E-state index < -0.39 is 30.1 Å². The van der Waals surface area contributed by atoms with Crippen LogP contribution in [0.4, 0.5) is 36.2 Å². The van der Waals surface area contributed by atoms with Gasteiger partial charge in [0.05, 0.1) is 25.9 Å². The quantitative estimate of drug-likeness (QED) is 0.120. The molecule has 14 nitrogen and oxygen atoms in total. The van der Waals surface area contributed by atoms with Crippen LogP contribution < -0.4 is 14.5 Å². The maximum absolute atomic E-state index is 13.3. The molecule has 1 aliphatic carbocycles. The van der Waals surface area contributed by atoms with Crippen LogP contribution in [-0.4, -0.2) is 75.8 Å². The minimum Gasteiger partial charge on any atom is -0.329 e. The van der Waals surface area contributed by atoms with Crippen LogP contribution in [0.25, 0.3) is 61.3 Å². The van der Waals surface area contributed by atoms with Gasteiger partial charge in [-0.05, 0) is 119 Å². The maximum atomic E-state index is 13.3. The first-order chi connectivity index (χ1) is 32.9. The van der Waals surface area contributed by atoms with Crippen molar-refractivity contribution in [2.24, 2.45) is 0 Å². The molecule has 0 atom stereocenters. The highest BCUT2D eigenvalue weighted by Gasteiger charge is 2.46. The fourth-order valence-corrected chi connectivity index (χ4v) is 11.1. The molecule has 0 aliphatic heterocycles. The van der Waals surface area contributed by atoms with E-state index in [-0.39, 0.29) is 10.1 Å². The summed E-state index contributed by atoms with van der Waals surface area (Å²) in [6, 6.07) is 35.4. The van der Waals surface area contributed by atoms with Crippen molar-refractivity contribution in [1.82, 2.24) is 34.1 Å². The molecule has 11 rings (SSSR count). The van der Waals surface area contributed by atoms with Crippen molar-refractivity contribution in [3.8, 4) is 27.9 Å². The molecule has 10 aromatic rings. The fourth-order valence-electron chi connectivity index (χ4n) is 8.38. The SMILES string of the molecule is CN(c1cc(-c2ccc(S(=O)(=O)C3CC3)cc2)cc(-[n+]2cn3c(nc(N(C)c4cccc(-c5ccc(S(=O)(=O)C(F)(F)F)cc5)c4)c4ccc(Cl)cc43)n2)c1)c1nc2nncn2c2cc(Cl)ccc12. The second-order valence-corrected chi connectivity index (χ2v) is 21.6. The number of sulfone groups is 2. The Labute approximate surface area is 401 Å². The van der Waals surface area contributed by atoms with Gasteiger partial charge in [0.15, 0.2) is 21.3 Å². The number of fused-ring (bicyclic) bond motifs is 6. The zero-order chi connectivity index (χ0) is 48.1. The number of halogens is 5. The molecular formula is C48H34Cl2F3N10O4S2+. The van der Waals surface area contributed by atoms with Gasteiger partial charge >= 0.3 is 11.3 Å². The molecule has 0 bridgehead atoms. The predicted molar refractivity (Wildman–Crippen MR) is 257 cm³/mol. The Kier molecular flexibility index (Phi) is 10.4. The number of aromatic nitrogens is 8. The summed E-state index contributed by atoms with van der Waals surface area (Å²) in [6.45, 7) is 0. The van der Waals surface area contributed by atoms with Crippen molar-refractivity contribution < 1.29 is 34.7 Å². The number of nitrogens with zero attached hydrogens (tertiary/aromatic N) is 10. The van der Waals surface area contributed by atoms with E-state index in [0.29, 0.717) is 85.2 Å². The van der Waals surface area contributed by atoms with E-state index in [0.717, 1.165) is 34.2 Å². The molecule has 0 amide bonds. The number of rotatable bonds is 10. The van der Waals surface area contributed by atoms with Crippen LogP contribution >= 0.6 is 23.2 Å². The van der Waals surface area contributed by atoms with E-state index in [4.69, 9.17) is 38.3 Å². The van der Waals surface area contributed by atoms with Gasteiger partial charge in [0.2, 0.25) is 0 Å². The molecule has 21 heteroatoms. The van der Waals surface area contributed by atoms with Gasteiger partial charge in [-0.25, -0.2) is 16.8 Å². The number of hydrogen-bond acceptors (Lipinski definition) is 11. The lowest BCUT2D eigenvalue weighted by molar-refractivity contribution is -0.655. The lowest BCUT2D eigenvalue weighted by Gasteiger charge is -2.22. The second kappa shape index (κ2) is 16.2. The molecule has 0 saturated heterocycles. The molecule has 346 valence electrons. The minimum atomic E-state index is -5.51. The molecule has 1 fully saturated rings. The number of anilines is 4. The van der Waals surface area contributed by atoms with Crippen LogP contribution in [0.2, 0.25) is 10.0 Å². The van der Waals surface area contributed by atoms with Crippen LogP contribution in [0.1, 0.15) is 12.8 Å². The number of benzene rings is 6. The van der Waals surface area contributed by atoms with Crippen molar-refractivity contribution in [2.75, 3.05) is 23.9 Å². The number of alkyl halides is 3. The summed E-state index contributed by atoms with van der Waals surface area (Å²) in [6.07, 6.45) is 4.67. The Morgan fingerprint density at radius 1 is 0.638 bits per heavy atom. The molecule has 6 aromatic carbocycles. The average Bonchev–Trinajstić information content (AvgIpc) is 3.96. The van der Waals surface area contributed by atoms with Crippen molar-refractivity contribution in [3.63, 3.8) is 0 Å². The molecule has 4 heterocycles. The number of hydrogen-bond donors (Lipinski definition) is 0. The Morgan fingerprint density at radius 3 is 1.86 bits per heavy atom. The molecular weight excluding hydrogens is 973 g/mol. The van der Waals surface area contributed by atoms with Gasteiger partial charge < -0.3 is 9.80 Å². The van der Waals surface area contributed by atoms with E-state index in [1.54, 1.807) is 76.3 Å². The lowest BCUT2D eigenvalue weighted by atomic mass is 10.0. The Balaban J connectivity index is 1.02. The van der Waals surface area contributed by atoms with Gasteiger partial charge in [-0.1, -0.05) is 64.3 Å². The third kappa shape index (κ3) is 7.74. The largest absolute Gasteiger partial charge is 0.501 e. The zero-order valence-corrected chi connectivity index (χ0v) is 39.2. The molecule has 4 aromatic heterocycles. The van der Waals surface area contributed by atoms with Gasteiger partial charge in [0, 0.05) is 53.0 Å². The van der Waals surface area contributed by atoms with E-state index in [1.165, 1.54) is 12.1 Å². The summed E-state index contributed by atoms with van der Waals surface area (Å²) in [7, 11) is -5.24. The Morgan fingerprint density at radius 2 is 1.22 bits per heavy atom. The van der Waals surface area contributed by atoms with Gasteiger partial charge in [0.25, 0.3) is 21.9 Å². The van der Waals surface area contributed by atoms with Crippen molar-refractivity contribution >= 4 is 99.2 Å². The highest BCUT2D eigenvalue weighted by molar-refractivity contribution is 7.92. The minimum absolute atomic E-state index is 0.271. The smallest absolute Gasteiger partial charge is 0.329 e. The van der Waals surface area contributed by atoms with Crippen LogP contribution in [-0.2, 0) is 19.7 Å². The van der Waals surface area contributed by atoms with Gasteiger partial charge in [0.1, 0.15) is 17.7 Å². The van der Waals surface area contributed by atoms with Gasteiger partial charge in [-0.2, -0.15) is 27.5 Å². The summed E-state index contributed by atoms with van der Waals surface area (Å²) >= 11 is 13.1. The van der Waals surface area contributed by atoms with E-state index in [9.17, 15) is 30.0 Å². The second-order valence-electron chi connectivity index (χ2n) is 16.6. The first-order valence-electron chi connectivity index (χ1n) is 21.1. The molecule has 1 aliphatic rings. The molecule has 0 radical (unpaired) electrons. The standard InChI is InChI=1S/C48H34Cl2F3N10O4S2/c1-59(34-5-3-4-30(20-34)28-8-14-39(15-9-28)69(66,67)48(51,52)53)45-41-19-11-33(50)24-43(41)62-27-63(58-47(62)56-45)36-22-31(29-6-12-37(13-7-29)68(64,65)38-16-17-38)21-35(25-36)60(2)44-40-18-10-32(49)23-42(40)61-26-54-57-46(61)55-44/h3-15,18-27,38H,16-17H2,1-2H3/q+1. The highest BCUT2D eigenvalue weighted by atomic mass is 35.5. The summed E-state index contributed by atoms with van der Waals surface area (Å²) in [5, 5.41) is 15.5. The summed E-state index contributed by atoms with van der Waals surface area (Å²) < 4.78 is 95.4. The summed E-state index contributed by atoms with van der Waals surface area (Å²) in [5.41, 5.74) is 0.615. The third-order valence-corrected chi connectivity index (χ3v) is 16.5. The Hall–Kier alpha value is -7.19. The predicted octanol–water partition coefficient (Wildman–Crippen LogP) is 10.2. The zero-order valence-electron chi connectivity index (χ0n) is 36.1. The first-order valence-corrected chi connectivity index (χ1v) is 24.9. The van der Waals surface area contributed by atoms with Gasteiger partial charge in [-0.15, -0.1) is 10.2 Å². The monoisotopic (exact) mass is 1010 g/mol. The molecule has 69 heavy (non-hydrogen) atoms. The van der Waals surface area contributed by atoms with Crippen molar-refractivity contribution in [3.05, 3.63) is 150 Å². The fraction of sp³-hybridized carbons (Fsp3) is 0.125. The molecule has 0 N–H and O–H groups in total.